The largest absolute Gasteiger partial charge is 0.324 e. The van der Waals surface area contributed by atoms with Gasteiger partial charge in [0.2, 0.25) is 0 Å². The third-order valence-corrected chi connectivity index (χ3v) is 4.62. The summed E-state index contributed by atoms with van der Waals surface area (Å²) in [5.74, 6) is 1.51. The molecule has 0 aliphatic heterocycles. The van der Waals surface area contributed by atoms with Crippen molar-refractivity contribution in [3.05, 3.63) is 15.9 Å². The van der Waals surface area contributed by atoms with Gasteiger partial charge in [-0.1, -0.05) is 27.9 Å². The topological polar surface area (TPSA) is 82.5 Å². The first-order valence-electron chi connectivity index (χ1n) is 5.53. The van der Waals surface area contributed by atoms with Crippen LogP contribution in [0.25, 0.3) is 0 Å². The molecule has 0 spiro atoms. The van der Waals surface area contributed by atoms with Crippen LogP contribution in [0.4, 0.5) is 0 Å². The summed E-state index contributed by atoms with van der Waals surface area (Å²) in [4.78, 5) is 0. The van der Waals surface area contributed by atoms with Crippen LogP contribution in [-0.4, -0.2) is 24.4 Å². The van der Waals surface area contributed by atoms with Crippen molar-refractivity contribution in [2.24, 2.45) is 5.73 Å². The molecule has 0 saturated heterocycles. The fourth-order valence-corrected chi connectivity index (χ4v) is 3.42. The summed E-state index contributed by atoms with van der Waals surface area (Å²) >= 11 is 8.75. The van der Waals surface area contributed by atoms with Gasteiger partial charge in [0.1, 0.15) is 15.9 Å². The van der Waals surface area contributed by atoms with E-state index in [0.29, 0.717) is 22.7 Å². The highest BCUT2D eigenvalue weighted by Crippen LogP contribution is 2.39. The quantitative estimate of drug-likeness (QED) is 0.849. The summed E-state index contributed by atoms with van der Waals surface area (Å²) in [6.07, 6.45) is 2.36. The Morgan fingerprint density at radius 3 is 2.83 bits per heavy atom. The van der Waals surface area contributed by atoms with Crippen LogP contribution in [0.5, 0.6) is 0 Å². The van der Waals surface area contributed by atoms with Gasteiger partial charge < -0.3 is 10.3 Å². The molecule has 6 nitrogen and oxygen atoms in total. The third kappa shape index (κ3) is 2.37. The minimum absolute atomic E-state index is 0.420. The highest BCUT2D eigenvalue weighted by atomic mass is 35.5. The maximum absolute atomic E-state index is 5.97. The molecule has 0 radical (unpaired) electrons. The summed E-state index contributed by atoms with van der Waals surface area (Å²) in [5, 5.41) is 13.2. The molecule has 2 aromatic heterocycles. The van der Waals surface area contributed by atoms with Gasteiger partial charge in [-0.05, 0) is 12.8 Å². The molecular formula is C9H11ClN6S2. The molecular weight excluding hydrogens is 292 g/mol. The molecule has 9 heteroatoms. The number of nitrogens with two attached hydrogens (primary N) is 1. The van der Waals surface area contributed by atoms with Crippen LogP contribution in [0, 0.1) is 0 Å². The molecule has 18 heavy (non-hydrogen) atoms. The van der Waals surface area contributed by atoms with Crippen molar-refractivity contribution in [2.75, 3.05) is 0 Å². The maximum atomic E-state index is 5.97. The van der Waals surface area contributed by atoms with Crippen molar-refractivity contribution in [1.29, 1.82) is 0 Å². The normalized spacial score (nSPS) is 15.2. The minimum Gasteiger partial charge on any atom is -0.324 e. The average molecular weight is 303 g/mol. The summed E-state index contributed by atoms with van der Waals surface area (Å²) in [7, 11) is 0. The van der Waals surface area contributed by atoms with E-state index < -0.39 is 0 Å². The van der Waals surface area contributed by atoms with Gasteiger partial charge in [-0.25, -0.2) is 0 Å². The number of rotatable bonds is 5. The van der Waals surface area contributed by atoms with E-state index >= 15 is 0 Å². The predicted molar refractivity (Wildman–Crippen MR) is 70.7 cm³/mol. The maximum Gasteiger partial charge on any atom is 0.191 e. The third-order valence-electron chi connectivity index (χ3n) is 2.68. The van der Waals surface area contributed by atoms with Gasteiger partial charge in [-0.3, -0.25) is 0 Å². The fourth-order valence-electron chi connectivity index (χ4n) is 1.66. The number of aromatic nitrogens is 5. The van der Waals surface area contributed by atoms with E-state index in [9.17, 15) is 0 Å². The molecule has 0 bridgehead atoms. The highest BCUT2D eigenvalue weighted by Gasteiger charge is 2.29. The second kappa shape index (κ2) is 5.12. The monoisotopic (exact) mass is 302 g/mol. The number of hydrogen-bond donors (Lipinski definition) is 1. The van der Waals surface area contributed by atoms with Crippen LogP contribution < -0.4 is 5.73 Å². The van der Waals surface area contributed by atoms with Crippen molar-refractivity contribution in [1.82, 2.24) is 24.4 Å². The molecule has 2 N–H and O–H groups in total. The molecule has 2 heterocycles. The Morgan fingerprint density at radius 1 is 1.39 bits per heavy atom. The lowest BCUT2D eigenvalue weighted by Gasteiger charge is -2.06. The molecule has 0 atom stereocenters. The first-order chi connectivity index (χ1) is 8.79. The zero-order valence-corrected chi connectivity index (χ0v) is 11.8. The highest BCUT2D eigenvalue weighted by molar-refractivity contribution is 7.98. The predicted octanol–water partition coefficient (Wildman–Crippen LogP) is 1.87. The van der Waals surface area contributed by atoms with Crippen molar-refractivity contribution in [3.8, 4) is 0 Å². The SMILES string of the molecule is NCc1nnc(SCc2nnsc2Cl)n1C1CC1. The van der Waals surface area contributed by atoms with Crippen LogP contribution >= 0.6 is 34.9 Å². The molecule has 1 aliphatic rings. The summed E-state index contributed by atoms with van der Waals surface area (Å²) in [5.41, 5.74) is 6.47. The smallest absolute Gasteiger partial charge is 0.191 e. The lowest BCUT2D eigenvalue weighted by Crippen LogP contribution is -2.08. The van der Waals surface area contributed by atoms with Crippen molar-refractivity contribution in [2.45, 2.75) is 36.3 Å². The van der Waals surface area contributed by atoms with Gasteiger partial charge in [-0.2, -0.15) is 0 Å². The number of hydrogen-bond acceptors (Lipinski definition) is 7. The molecule has 0 amide bonds. The van der Waals surface area contributed by atoms with Crippen LogP contribution in [-0.2, 0) is 12.3 Å². The number of thioether (sulfide) groups is 1. The van der Waals surface area contributed by atoms with Crippen LogP contribution in [0.1, 0.15) is 30.4 Å². The van der Waals surface area contributed by atoms with Crippen molar-refractivity contribution in [3.63, 3.8) is 0 Å². The standard InChI is InChI=1S/C9H11ClN6S2/c10-8-6(12-15-18-8)4-17-9-14-13-7(3-11)16(9)5-1-2-5/h5H,1-4,11H2. The molecule has 0 aromatic carbocycles. The molecule has 1 fully saturated rings. The van der Waals surface area contributed by atoms with E-state index in [1.165, 1.54) is 24.4 Å². The van der Waals surface area contributed by atoms with Crippen LogP contribution in [0.3, 0.4) is 0 Å². The fraction of sp³-hybridized carbons (Fsp3) is 0.556. The second-order valence-corrected chi connectivity index (χ2v) is 6.28. The van der Waals surface area contributed by atoms with Gasteiger partial charge in [0, 0.05) is 23.3 Å². The van der Waals surface area contributed by atoms with Gasteiger partial charge in [0.05, 0.1) is 6.54 Å². The average Bonchev–Trinajstić information content (AvgIpc) is 3.00. The Hall–Kier alpha value is -0.700. The molecule has 0 unspecified atom stereocenters. The van der Waals surface area contributed by atoms with Gasteiger partial charge >= 0.3 is 0 Å². The summed E-state index contributed by atoms with van der Waals surface area (Å²) in [6, 6.07) is 0.519. The molecule has 3 rings (SSSR count). The van der Waals surface area contributed by atoms with E-state index in [4.69, 9.17) is 17.3 Å². The Balaban J connectivity index is 1.76. The van der Waals surface area contributed by atoms with Crippen LogP contribution in [0.2, 0.25) is 4.34 Å². The van der Waals surface area contributed by atoms with Crippen molar-refractivity contribution >= 4 is 34.9 Å². The van der Waals surface area contributed by atoms with Gasteiger partial charge in [-0.15, -0.1) is 15.3 Å². The van der Waals surface area contributed by atoms with E-state index in [2.05, 4.69) is 24.4 Å². The second-order valence-electron chi connectivity index (χ2n) is 3.99. The first-order valence-corrected chi connectivity index (χ1v) is 7.66. The van der Waals surface area contributed by atoms with Crippen molar-refractivity contribution < 1.29 is 0 Å². The van der Waals surface area contributed by atoms with E-state index in [0.717, 1.165) is 16.7 Å². The van der Waals surface area contributed by atoms with Gasteiger partial charge in [0.15, 0.2) is 5.16 Å². The zero-order chi connectivity index (χ0) is 12.5. The molecule has 1 aliphatic carbocycles. The molecule has 2 aromatic rings. The molecule has 1 saturated carbocycles. The lowest BCUT2D eigenvalue weighted by atomic mass is 10.5. The zero-order valence-electron chi connectivity index (χ0n) is 9.41. The van der Waals surface area contributed by atoms with Crippen LogP contribution in [0.15, 0.2) is 5.16 Å². The van der Waals surface area contributed by atoms with E-state index in [1.54, 1.807) is 11.8 Å². The summed E-state index contributed by atoms with van der Waals surface area (Å²) in [6.45, 7) is 0.420. The lowest BCUT2D eigenvalue weighted by molar-refractivity contribution is 0.626. The molecule has 96 valence electrons. The number of halogens is 1. The van der Waals surface area contributed by atoms with E-state index in [1.807, 2.05) is 0 Å². The number of nitrogens with zero attached hydrogens (tertiary/aromatic N) is 5. The summed E-state index contributed by atoms with van der Waals surface area (Å²) < 4.78 is 6.58. The Bertz CT molecular complexity index is 549. The Kier molecular flexibility index (Phi) is 3.51. The Labute approximate surface area is 117 Å². The Morgan fingerprint density at radius 2 is 2.22 bits per heavy atom. The van der Waals surface area contributed by atoms with Gasteiger partial charge in [0.25, 0.3) is 0 Å². The minimum atomic E-state index is 0.420. The first kappa shape index (κ1) is 12.3. The van der Waals surface area contributed by atoms with E-state index in [-0.39, 0.29) is 0 Å².